The van der Waals surface area contributed by atoms with E-state index in [4.69, 9.17) is 21.2 Å². The number of likely N-dealkylation sites (tertiary alicyclic amines) is 1. The molecule has 1 amide bonds. The number of anilines is 1. The van der Waals surface area contributed by atoms with Gasteiger partial charge in [0.1, 0.15) is 5.82 Å². The van der Waals surface area contributed by atoms with Crippen molar-refractivity contribution in [2.45, 2.75) is 50.6 Å². The molecular formula is C30H37N7O2. The number of carbonyl (C=O) groups is 1. The van der Waals surface area contributed by atoms with Crippen LogP contribution in [0.5, 0.6) is 0 Å². The molecule has 0 aliphatic carbocycles. The maximum Gasteiger partial charge on any atom is 0.224 e. The Labute approximate surface area is 229 Å². The van der Waals surface area contributed by atoms with E-state index in [-0.39, 0.29) is 23.8 Å². The van der Waals surface area contributed by atoms with Crippen LogP contribution in [0.3, 0.4) is 0 Å². The zero-order valence-corrected chi connectivity index (χ0v) is 22.5. The summed E-state index contributed by atoms with van der Waals surface area (Å²) < 4.78 is 7.61. The first-order chi connectivity index (χ1) is 19.0. The number of rotatable bonds is 10. The Morgan fingerprint density at radius 2 is 1.87 bits per heavy atom. The fourth-order valence-electron chi connectivity index (χ4n) is 5.47. The number of nitrogens with two attached hydrogens (primary N) is 2. The fraction of sp³-hybridized carbons (Fsp3) is 0.400. The van der Waals surface area contributed by atoms with Gasteiger partial charge >= 0.3 is 0 Å². The number of imidazole rings is 1. The summed E-state index contributed by atoms with van der Waals surface area (Å²) in [5.74, 6) is 1.65. The predicted molar refractivity (Wildman–Crippen MR) is 153 cm³/mol. The highest BCUT2D eigenvalue weighted by molar-refractivity contribution is 5.78. The molecule has 4 N–H and O–H groups in total. The van der Waals surface area contributed by atoms with E-state index in [2.05, 4.69) is 32.7 Å². The van der Waals surface area contributed by atoms with E-state index in [0.717, 1.165) is 65.9 Å². The molecule has 39 heavy (non-hydrogen) atoms. The summed E-state index contributed by atoms with van der Waals surface area (Å²) in [6.45, 7) is 3.00. The number of aryl methyl sites for hydroxylation is 1. The van der Waals surface area contributed by atoms with Crippen LogP contribution in [0.4, 0.5) is 5.95 Å². The molecule has 204 valence electrons. The molecule has 1 fully saturated rings. The van der Waals surface area contributed by atoms with Gasteiger partial charge in [0.25, 0.3) is 0 Å². The van der Waals surface area contributed by atoms with Gasteiger partial charge in [0.15, 0.2) is 0 Å². The third kappa shape index (κ3) is 6.43. The van der Waals surface area contributed by atoms with Crippen LogP contribution >= 0.6 is 0 Å². The van der Waals surface area contributed by atoms with Crippen LogP contribution in [0.15, 0.2) is 60.9 Å². The summed E-state index contributed by atoms with van der Waals surface area (Å²) in [6.07, 6.45) is 7.28. The quantitative estimate of drug-likeness (QED) is 0.301. The highest BCUT2D eigenvalue weighted by atomic mass is 16.5. The third-order valence-electron chi connectivity index (χ3n) is 7.45. The van der Waals surface area contributed by atoms with E-state index in [1.807, 2.05) is 35.2 Å². The summed E-state index contributed by atoms with van der Waals surface area (Å²) in [4.78, 5) is 28.4. The summed E-state index contributed by atoms with van der Waals surface area (Å²) in [5, 5.41) is 0. The summed E-state index contributed by atoms with van der Waals surface area (Å²) in [5.41, 5.74) is 17.2. The highest BCUT2D eigenvalue weighted by Gasteiger charge is 2.29. The van der Waals surface area contributed by atoms with E-state index in [1.54, 1.807) is 19.5 Å². The first-order valence-electron chi connectivity index (χ1n) is 13.7. The number of piperidine rings is 1. The molecule has 1 aliphatic heterocycles. The van der Waals surface area contributed by atoms with Gasteiger partial charge in [-0.05, 0) is 48.9 Å². The SMILES string of the molecule is COCCCn1c(C2CCCN(C(=O)CC(N)Cc3ccc(-c4cnc(N)nc4)cc3)C2)nc2ccccc21. The van der Waals surface area contributed by atoms with Crippen LogP contribution in [0.25, 0.3) is 22.2 Å². The lowest BCUT2D eigenvalue weighted by molar-refractivity contribution is -0.132. The molecule has 5 rings (SSSR count). The standard InChI is InChI=1S/C30H37N7O2/c1-39-15-5-14-37-27-8-3-2-7-26(27)35-29(37)23-6-4-13-36(20-23)28(38)17-25(31)16-21-9-11-22(12-10-21)24-18-33-30(32)34-19-24/h2-3,7-12,18-19,23,25H,4-6,13-17,20,31H2,1H3,(H2,32,33,34). The number of carbonyl (C=O) groups excluding carboxylic acids is 1. The minimum atomic E-state index is -0.248. The number of methoxy groups -OCH3 is 1. The minimum absolute atomic E-state index is 0.116. The van der Waals surface area contributed by atoms with E-state index in [9.17, 15) is 4.79 Å². The number of nitrogens with zero attached hydrogens (tertiary/aromatic N) is 5. The number of hydrogen-bond donors (Lipinski definition) is 2. The number of ether oxygens (including phenoxy) is 1. The van der Waals surface area contributed by atoms with Crippen molar-refractivity contribution in [1.29, 1.82) is 0 Å². The van der Waals surface area contributed by atoms with Gasteiger partial charge in [-0.3, -0.25) is 4.79 Å². The molecule has 0 radical (unpaired) electrons. The van der Waals surface area contributed by atoms with Crippen molar-refractivity contribution in [3.05, 3.63) is 72.3 Å². The Kier molecular flexibility index (Phi) is 8.48. The van der Waals surface area contributed by atoms with Crippen LogP contribution in [0, 0.1) is 0 Å². The minimum Gasteiger partial charge on any atom is -0.385 e. The number of benzene rings is 2. The molecule has 2 aromatic carbocycles. The largest absolute Gasteiger partial charge is 0.385 e. The number of amides is 1. The number of fused-ring (bicyclic) bond motifs is 1. The average Bonchev–Trinajstić information content (AvgIpc) is 3.33. The highest BCUT2D eigenvalue weighted by Crippen LogP contribution is 2.30. The second-order valence-corrected chi connectivity index (χ2v) is 10.3. The third-order valence-corrected chi connectivity index (χ3v) is 7.45. The Hall–Kier alpha value is -3.82. The Balaban J connectivity index is 1.21. The Bertz CT molecular complexity index is 1380. The molecule has 2 aromatic heterocycles. The summed E-state index contributed by atoms with van der Waals surface area (Å²) in [6, 6.07) is 16.1. The molecule has 1 saturated heterocycles. The van der Waals surface area contributed by atoms with Gasteiger partial charge in [-0.1, -0.05) is 36.4 Å². The molecule has 9 heteroatoms. The van der Waals surface area contributed by atoms with Crippen LogP contribution < -0.4 is 11.5 Å². The maximum absolute atomic E-state index is 13.3. The molecule has 4 aromatic rings. The van der Waals surface area contributed by atoms with E-state index < -0.39 is 0 Å². The fourth-order valence-corrected chi connectivity index (χ4v) is 5.47. The molecule has 9 nitrogen and oxygen atoms in total. The molecule has 1 aliphatic rings. The van der Waals surface area contributed by atoms with Crippen LogP contribution in [-0.4, -0.2) is 63.2 Å². The molecule has 0 bridgehead atoms. The Morgan fingerprint density at radius 3 is 2.64 bits per heavy atom. The van der Waals surface area contributed by atoms with Gasteiger partial charge in [-0.15, -0.1) is 0 Å². The zero-order valence-electron chi connectivity index (χ0n) is 22.5. The van der Waals surface area contributed by atoms with E-state index >= 15 is 0 Å². The van der Waals surface area contributed by atoms with Crippen molar-refractivity contribution >= 4 is 22.9 Å². The molecule has 3 heterocycles. The normalized spacial score (nSPS) is 16.5. The van der Waals surface area contributed by atoms with Crippen molar-refractivity contribution in [3.8, 4) is 11.1 Å². The van der Waals surface area contributed by atoms with Gasteiger partial charge in [0.2, 0.25) is 11.9 Å². The monoisotopic (exact) mass is 527 g/mol. The lowest BCUT2D eigenvalue weighted by Gasteiger charge is -2.33. The van der Waals surface area contributed by atoms with Crippen molar-refractivity contribution in [3.63, 3.8) is 0 Å². The first kappa shape index (κ1) is 26.8. The van der Waals surface area contributed by atoms with Gasteiger partial charge < -0.3 is 25.7 Å². The van der Waals surface area contributed by atoms with Crippen molar-refractivity contribution in [2.75, 3.05) is 32.5 Å². The summed E-state index contributed by atoms with van der Waals surface area (Å²) >= 11 is 0. The van der Waals surface area contributed by atoms with E-state index in [0.29, 0.717) is 26.0 Å². The van der Waals surface area contributed by atoms with Crippen molar-refractivity contribution in [1.82, 2.24) is 24.4 Å². The lowest BCUT2D eigenvalue weighted by Crippen LogP contribution is -2.42. The summed E-state index contributed by atoms with van der Waals surface area (Å²) in [7, 11) is 1.73. The lowest BCUT2D eigenvalue weighted by atomic mass is 9.95. The first-order valence-corrected chi connectivity index (χ1v) is 13.7. The van der Waals surface area contributed by atoms with Crippen LogP contribution in [-0.2, 0) is 22.5 Å². The molecule has 0 spiro atoms. The van der Waals surface area contributed by atoms with Crippen LogP contribution in [0.1, 0.15) is 43.0 Å². The topological polar surface area (TPSA) is 125 Å². The van der Waals surface area contributed by atoms with Crippen molar-refractivity contribution in [2.24, 2.45) is 5.73 Å². The molecule has 2 unspecified atom stereocenters. The second-order valence-electron chi connectivity index (χ2n) is 10.3. The van der Waals surface area contributed by atoms with Gasteiger partial charge in [-0.25, -0.2) is 15.0 Å². The number of nitrogen functional groups attached to an aromatic ring is 1. The average molecular weight is 528 g/mol. The van der Waals surface area contributed by atoms with Crippen molar-refractivity contribution < 1.29 is 9.53 Å². The molecular weight excluding hydrogens is 490 g/mol. The van der Waals surface area contributed by atoms with E-state index in [1.165, 1.54) is 0 Å². The Morgan fingerprint density at radius 1 is 1.10 bits per heavy atom. The molecule has 0 saturated carbocycles. The number of aromatic nitrogens is 4. The number of hydrogen-bond acceptors (Lipinski definition) is 7. The second kappa shape index (κ2) is 12.4. The predicted octanol–water partition coefficient (Wildman–Crippen LogP) is 3.78. The zero-order chi connectivity index (χ0) is 27.2. The van der Waals surface area contributed by atoms with Crippen LogP contribution in [0.2, 0.25) is 0 Å². The molecule has 2 atom stereocenters. The number of para-hydroxylation sites is 2. The van der Waals surface area contributed by atoms with Gasteiger partial charge in [-0.2, -0.15) is 0 Å². The van der Waals surface area contributed by atoms with Gasteiger partial charge in [0, 0.05) is 69.7 Å². The van der Waals surface area contributed by atoms with Gasteiger partial charge in [0.05, 0.1) is 11.0 Å². The smallest absolute Gasteiger partial charge is 0.224 e. The maximum atomic E-state index is 13.3.